The van der Waals surface area contributed by atoms with E-state index in [9.17, 15) is 14.4 Å². The minimum absolute atomic E-state index is 0.0460. The van der Waals surface area contributed by atoms with Gasteiger partial charge in [-0.2, -0.15) is 0 Å². The quantitative estimate of drug-likeness (QED) is 0.594. The summed E-state index contributed by atoms with van der Waals surface area (Å²) in [5.41, 5.74) is 9.19. The van der Waals surface area contributed by atoms with Crippen molar-refractivity contribution < 1.29 is 19.5 Å². The fourth-order valence-electron chi connectivity index (χ4n) is 2.61. The second kappa shape index (κ2) is 7.06. The van der Waals surface area contributed by atoms with Crippen molar-refractivity contribution in [2.24, 2.45) is 10.7 Å². The molecule has 26 heavy (non-hydrogen) atoms. The number of aliphatic carboxylic acids is 1. The van der Waals surface area contributed by atoms with Gasteiger partial charge in [-0.25, -0.2) is 4.79 Å². The van der Waals surface area contributed by atoms with Crippen LogP contribution in [0.2, 0.25) is 0 Å². The normalized spacial score (nSPS) is 13.6. The van der Waals surface area contributed by atoms with Gasteiger partial charge in [-0.3, -0.25) is 14.6 Å². The Balaban J connectivity index is 1.80. The fourth-order valence-corrected chi connectivity index (χ4v) is 2.61. The molecule has 0 saturated carbocycles. The first-order valence-corrected chi connectivity index (χ1v) is 7.82. The number of carbonyl (C=O) groups is 3. The van der Waals surface area contributed by atoms with Crippen LogP contribution in [0.5, 0.6) is 0 Å². The van der Waals surface area contributed by atoms with E-state index in [0.29, 0.717) is 16.9 Å². The van der Waals surface area contributed by atoms with Gasteiger partial charge in [0.2, 0.25) is 0 Å². The molecule has 1 aromatic carbocycles. The van der Waals surface area contributed by atoms with Gasteiger partial charge < -0.3 is 21.1 Å². The van der Waals surface area contributed by atoms with Crippen molar-refractivity contribution in [2.75, 3.05) is 5.32 Å². The third-order valence-corrected chi connectivity index (χ3v) is 3.82. The molecule has 0 saturated heterocycles. The molecular weight excluding hydrogens is 336 g/mol. The summed E-state index contributed by atoms with van der Waals surface area (Å²) in [4.78, 5) is 40.8. The first kappa shape index (κ1) is 17.2. The van der Waals surface area contributed by atoms with Gasteiger partial charge in [0, 0.05) is 46.9 Å². The van der Waals surface area contributed by atoms with Crippen LogP contribution in [0.4, 0.5) is 16.2 Å². The summed E-state index contributed by atoms with van der Waals surface area (Å²) < 4.78 is 0. The largest absolute Gasteiger partial charge is 0.481 e. The number of fused-ring (bicyclic) bond motifs is 1. The first-order valence-electron chi connectivity index (χ1n) is 7.82. The van der Waals surface area contributed by atoms with E-state index in [1.165, 1.54) is 0 Å². The Labute approximate surface area is 148 Å². The lowest BCUT2D eigenvalue weighted by Crippen LogP contribution is -2.19. The van der Waals surface area contributed by atoms with E-state index in [4.69, 9.17) is 10.8 Å². The third kappa shape index (κ3) is 3.86. The number of benzene rings is 1. The van der Waals surface area contributed by atoms with E-state index in [-0.39, 0.29) is 18.6 Å². The maximum Gasteiger partial charge on any atom is 0.316 e. The SMILES string of the molecule is NC(=O)Nc1ccc2c(c1)C(=Cc1cc(C(=O)CCC(=O)O)c[nH]1)C=N2. The molecule has 0 radical (unpaired) electrons. The van der Waals surface area contributed by atoms with Gasteiger partial charge in [-0.1, -0.05) is 0 Å². The minimum atomic E-state index is -1.00. The monoisotopic (exact) mass is 352 g/mol. The molecule has 2 amide bonds. The van der Waals surface area contributed by atoms with Crippen LogP contribution in [0.15, 0.2) is 35.5 Å². The Kier molecular flexibility index (Phi) is 4.66. The Hall–Kier alpha value is -3.68. The molecule has 0 fully saturated rings. The van der Waals surface area contributed by atoms with Gasteiger partial charge in [-0.05, 0) is 30.3 Å². The molecule has 3 rings (SSSR count). The molecule has 0 atom stereocenters. The number of ketones is 1. The van der Waals surface area contributed by atoms with Crippen LogP contribution in [-0.4, -0.2) is 34.1 Å². The number of carboxylic acid groups (broad SMARTS) is 1. The van der Waals surface area contributed by atoms with Crippen molar-refractivity contribution in [3.05, 3.63) is 47.3 Å². The maximum atomic E-state index is 12.0. The summed E-state index contributed by atoms with van der Waals surface area (Å²) in [5.74, 6) is -1.24. The Bertz CT molecular complexity index is 956. The van der Waals surface area contributed by atoms with Crippen molar-refractivity contribution in [3.63, 3.8) is 0 Å². The molecule has 8 heteroatoms. The average molecular weight is 352 g/mol. The van der Waals surface area contributed by atoms with Crippen LogP contribution >= 0.6 is 0 Å². The van der Waals surface area contributed by atoms with Gasteiger partial charge in [0.05, 0.1) is 12.1 Å². The smallest absolute Gasteiger partial charge is 0.316 e. The first-order chi connectivity index (χ1) is 12.4. The molecule has 2 heterocycles. The maximum absolute atomic E-state index is 12.0. The lowest BCUT2D eigenvalue weighted by molar-refractivity contribution is -0.136. The van der Waals surface area contributed by atoms with Gasteiger partial charge >= 0.3 is 12.0 Å². The fraction of sp³-hybridized carbons (Fsp3) is 0.111. The van der Waals surface area contributed by atoms with Crippen LogP contribution in [0.3, 0.4) is 0 Å². The van der Waals surface area contributed by atoms with E-state index in [2.05, 4.69) is 15.3 Å². The van der Waals surface area contributed by atoms with Crippen molar-refractivity contribution in [3.8, 4) is 0 Å². The molecule has 2 aromatic rings. The standard InChI is InChI=1S/C18H16N4O4/c19-18(26)22-12-1-2-15-14(7-12)10(8-21-15)5-13-6-11(9-20-13)16(23)3-4-17(24)25/h1-2,5-9,20H,3-4H2,(H,24,25)(H3,19,22,26). The van der Waals surface area contributed by atoms with Gasteiger partial charge in [-0.15, -0.1) is 0 Å². The number of carboxylic acids is 1. The molecule has 0 spiro atoms. The van der Waals surface area contributed by atoms with E-state index in [0.717, 1.165) is 16.8 Å². The number of nitrogens with two attached hydrogens (primary N) is 1. The molecule has 1 aliphatic heterocycles. The topological polar surface area (TPSA) is 138 Å². The Morgan fingerprint density at radius 2 is 2.04 bits per heavy atom. The van der Waals surface area contributed by atoms with Crippen molar-refractivity contribution in [1.29, 1.82) is 0 Å². The molecule has 0 aliphatic carbocycles. The summed E-state index contributed by atoms with van der Waals surface area (Å²) in [7, 11) is 0. The summed E-state index contributed by atoms with van der Waals surface area (Å²) in [5, 5.41) is 11.2. The van der Waals surface area contributed by atoms with Crippen molar-refractivity contribution in [1.82, 2.24) is 4.98 Å². The third-order valence-electron chi connectivity index (χ3n) is 3.82. The van der Waals surface area contributed by atoms with E-state index >= 15 is 0 Å². The summed E-state index contributed by atoms with van der Waals surface area (Å²) in [6.45, 7) is 0. The number of H-pyrrole nitrogens is 1. The zero-order valence-corrected chi connectivity index (χ0v) is 13.7. The molecule has 1 aliphatic rings. The van der Waals surface area contributed by atoms with Crippen LogP contribution in [0.1, 0.15) is 34.5 Å². The number of hydrogen-bond donors (Lipinski definition) is 4. The average Bonchev–Trinajstić information content (AvgIpc) is 3.20. The number of aromatic amines is 1. The highest BCUT2D eigenvalue weighted by atomic mass is 16.4. The zero-order chi connectivity index (χ0) is 18.7. The van der Waals surface area contributed by atoms with Crippen LogP contribution in [0, 0.1) is 0 Å². The molecule has 0 bridgehead atoms. The predicted octanol–water partition coefficient (Wildman–Crippen LogP) is 2.81. The van der Waals surface area contributed by atoms with Crippen LogP contribution in [-0.2, 0) is 4.79 Å². The number of anilines is 1. The number of allylic oxidation sites excluding steroid dienone is 1. The molecule has 5 N–H and O–H groups in total. The number of rotatable bonds is 6. The lowest BCUT2D eigenvalue weighted by Gasteiger charge is -2.05. The van der Waals surface area contributed by atoms with E-state index < -0.39 is 12.0 Å². The van der Waals surface area contributed by atoms with Crippen LogP contribution < -0.4 is 11.1 Å². The predicted molar refractivity (Wildman–Crippen MR) is 97.7 cm³/mol. The highest BCUT2D eigenvalue weighted by Gasteiger charge is 2.15. The second-order valence-corrected chi connectivity index (χ2v) is 5.74. The van der Waals surface area contributed by atoms with Crippen LogP contribution in [0.25, 0.3) is 11.6 Å². The molecule has 1 aromatic heterocycles. The molecule has 0 unspecified atom stereocenters. The number of amides is 2. The zero-order valence-electron chi connectivity index (χ0n) is 13.7. The summed E-state index contributed by atoms with van der Waals surface area (Å²) in [6, 6.07) is 6.25. The van der Waals surface area contributed by atoms with E-state index in [1.807, 2.05) is 6.08 Å². The highest BCUT2D eigenvalue weighted by molar-refractivity contribution is 6.21. The number of carbonyl (C=O) groups excluding carboxylic acids is 2. The highest BCUT2D eigenvalue weighted by Crippen LogP contribution is 2.34. The number of nitrogens with zero attached hydrogens (tertiary/aromatic N) is 1. The number of Topliss-reactive ketones (excluding diaryl/α,β-unsaturated/α-hetero) is 1. The van der Waals surface area contributed by atoms with Crippen molar-refractivity contribution in [2.45, 2.75) is 12.8 Å². The Morgan fingerprint density at radius 1 is 1.23 bits per heavy atom. The lowest BCUT2D eigenvalue weighted by atomic mass is 10.0. The number of aliphatic imine (C=N–C) groups is 1. The minimum Gasteiger partial charge on any atom is -0.481 e. The number of nitrogens with one attached hydrogen (secondary N) is 2. The van der Waals surface area contributed by atoms with Gasteiger partial charge in [0.1, 0.15) is 0 Å². The van der Waals surface area contributed by atoms with Gasteiger partial charge in [0.15, 0.2) is 5.78 Å². The number of primary amides is 1. The van der Waals surface area contributed by atoms with Gasteiger partial charge in [0.25, 0.3) is 0 Å². The Morgan fingerprint density at radius 3 is 2.77 bits per heavy atom. The van der Waals surface area contributed by atoms with Crippen molar-refractivity contribution >= 4 is 47.0 Å². The summed E-state index contributed by atoms with van der Waals surface area (Å²) >= 11 is 0. The number of urea groups is 1. The van der Waals surface area contributed by atoms with E-state index in [1.54, 1.807) is 36.7 Å². The number of aromatic nitrogens is 1. The molecule has 132 valence electrons. The summed E-state index contributed by atoms with van der Waals surface area (Å²) in [6.07, 6.45) is 4.81. The second-order valence-electron chi connectivity index (χ2n) is 5.74. The molecule has 8 nitrogen and oxygen atoms in total. The molecular formula is C18H16N4O4. The number of hydrogen-bond acceptors (Lipinski definition) is 4.